The van der Waals surface area contributed by atoms with E-state index in [4.69, 9.17) is 0 Å². The zero-order valence-corrected chi connectivity index (χ0v) is 12.6. The molecule has 0 aliphatic carbocycles. The maximum absolute atomic E-state index is 2.46. The fourth-order valence-corrected chi connectivity index (χ4v) is 12.9. The minimum absolute atomic E-state index is 1.41. The van der Waals surface area contributed by atoms with E-state index in [9.17, 15) is 0 Å². The zero-order chi connectivity index (χ0) is 10.2. The van der Waals surface area contributed by atoms with Gasteiger partial charge in [0.25, 0.3) is 0 Å². The molecule has 0 saturated carbocycles. The summed E-state index contributed by atoms with van der Waals surface area (Å²) in [5, 5.41) is 0. The van der Waals surface area contributed by atoms with E-state index in [2.05, 4.69) is 27.7 Å². The Kier molecular flexibility index (Phi) is 8.77. The van der Waals surface area contributed by atoms with Crippen LogP contribution in [0, 0.1) is 0 Å². The quantitative estimate of drug-likeness (QED) is 0.546. The molecule has 13 heavy (non-hydrogen) atoms. The average Bonchev–Trinajstić information content (AvgIpc) is 2.20. The van der Waals surface area contributed by atoms with Crippen molar-refractivity contribution in [2.45, 2.75) is 69.9 Å². The summed E-state index contributed by atoms with van der Waals surface area (Å²) in [5.41, 5.74) is 0. The van der Waals surface area contributed by atoms with Gasteiger partial charge in [0.15, 0.2) is 0 Å². The molecule has 0 saturated heterocycles. The van der Waals surface area contributed by atoms with Crippen LogP contribution >= 0.6 is 0 Å². The van der Waals surface area contributed by atoms with Crippen LogP contribution in [0.4, 0.5) is 0 Å². The summed E-state index contributed by atoms with van der Waals surface area (Å²) in [6.45, 7) is 9.60. The zero-order valence-electron chi connectivity index (χ0n) is 10.2. The molecular formula is C12H28Zr. The minimum atomic E-state index is -1.54. The summed E-state index contributed by atoms with van der Waals surface area (Å²) >= 11 is -1.54. The van der Waals surface area contributed by atoms with Crippen LogP contribution < -0.4 is 0 Å². The molecule has 80 valence electrons. The molecule has 0 amide bonds. The van der Waals surface area contributed by atoms with Crippen LogP contribution in [0.2, 0.25) is 16.5 Å². The van der Waals surface area contributed by atoms with E-state index in [0.717, 1.165) is 0 Å². The molecule has 1 heteroatoms. The Balaban J connectivity index is 3.97. The predicted octanol–water partition coefficient (Wildman–Crippen LogP) is 5.45. The van der Waals surface area contributed by atoms with Gasteiger partial charge < -0.3 is 0 Å². The molecule has 0 radical (unpaired) electrons. The molecule has 0 aliphatic rings. The maximum atomic E-state index is 2.46. The van der Waals surface area contributed by atoms with Gasteiger partial charge in [-0.1, -0.05) is 0 Å². The SMILES string of the molecule is CCC[CH2][Zr]([CH2]C)([CH2]C)[CH2]CCC. The summed E-state index contributed by atoms with van der Waals surface area (Å²) in [4.78, 5) is 0. The van der Waals surface area contributed by atoms with Gasteiger partial charge in [-0.2, -0.15) is 0 Å². The molecule has 0 aromatic carbocycles. The predicted molar refractivity (Wildman–Crippen MR) is 60.4 cm³/mol. The van der Waals surface area contributed by atoms with Crippen LogP contribution in [0.3, 0.4) is 0 Å². The summed E-state index contributed by atoms with van der Waals surface area (Å²) in [7, 11) is 0. The molecule has 0 bridgehead atoms. The van der Waals surface area contributed by atoms with Crippen LogP contribution in [0.1, 0.15) is 53.4 Å². The molecule has 0 aromatic rings. The van der Waals surface area contributed by atoms with Gasteiger partial charge in [-0.15, -0.1) is 0 Å². The molecule has 0 aromatic heterocycles. The Bertz CT molecular complexity index is 95.7. The van der Waals surface area contributed by atoms with E-state index in [1.54, 1.807) is 16.5 Å². The van der Waals surface area contributed by atoms with Gasteiger partial charge in [0.2, 0.25) is 0 Å². The Hall–Kier alpha value is 0.883. The van der Waals surface area contributed by atoms with Gasteiger partial charge >= 0.3 is 90.2 Å². The van der Waals surface area contributed by atoms with Crippen molar-refractivity contribution in [2.24, 2.45) is 0 Å². The molecule has 0 atom stereocenters. The van der Waals surface area contributed by atoms with Gasteiger partial charge in [0, 0.05) is 0 Å². The summed E-state index contributed by atoms with van der Waals surface area (Å²) in [5.74, 6) is 0. The number of rotatable bonds is 8. The fourth-order valence-electron chi connectivity index (χ4n) is 2.19. The van der Waals surface area contributed by atoms with Crippen LogP contribution in [0.25, 0.3) is 0 Å². The fraction of sp³-hybridized carbons (Fsp3) is 1.00. The topological polar surface area (TPSA) is 0 Å². The average molecular weight is 264 g/mol. The Labute approximate surface area is 89.9 Å². The summed E-state index contributed by atoms with van der Waals surface area (Å²) in [6, 6.07) is 0. The second-order valence-corrected chi connectivity index (χ2v) is 17.7. The first kappa shape index (κ1) is 13.9. The third-order valence-corrected chi connectivity index (χ3v) is 17.9. The van der Waals surface area contributed by atoms with Gasteiger partial charge in [0.1, 0.15) is 0 Å². The molecular weight excluding hydrogens is 235 g/mol. The van der Waals surface area contributed by atoms with Crippen molar-refractivity contribution >= 4 is 0 Å². The van der Waals surface area contributed by atoms with E-state index in [-0.39, 0.29) is 0 Å². The monoisotopic (exact) mass is 262 g/mol. The first-order valence-electron chi connectivity index (χ1n) is 6.24. The number of hydrogen-bond acceptors (Lipinski definition) is 0. The normalized spacial score (nSPS) is 12.0. The van der Waals surface area contributed by atoms with Crippen molar-refractivity contribution < 1.29 is 20.3 Å². The number of unbranched alkanes of at least 4 members (excludes halogenated alkanes) is 2. The van der Waals surface area contributed by atoms with Gasteiger partial charge in [-0.3, -0.25) is 0 Å². The third-order valence-electron chi connectivity index (χ3n) is 3.62. The molecule has 0 aliphatic heterocycles. The molecule has 0 unspecified atom stereocenters. The van der Waals surface area contributed by atoms with Crippen LogP contribution in [0.15, 0.2) is 0 Å². The van der Waals surface area contributed by atoms with Crippen LogP contribution in [-0.2, 0) is 20.3 Å². The Morgan fingerprint density at radius 2 is 1.08 bits per heavy atom. The van der Waals surface area contributed by atoms with E-state index in [1.807, 2.05) is 0 Å². The van der Waals surface area contributed by atoms with Crippen LogP contribution in [0.5, 0.6) is 0 Å². The van der Waals surface area contributed by atoms with Crippen molar-refractivity contribution in [3.05, 3.63) is 0 Å². The van der Waals surface area contributed by atoms with Crippen molar-refractivity contribution in [1.82, 2.24) is 0 Å². The van der Waals surface area contributed by atoms with Crippen LogP contribution in [-0.4, -0.2) is 0 Å². The first-order valence-corrected chi connectivity index (χ1v) is 13.2. The van der Waals surface area contributed by atoms with Crippen molar-refractivity contribution in [2.75, 3.05) is 0 Å². The Morgan fingerprint density at radius 3 is 1.31 bits per heavy atom. The Morgan fingerprint density at radius 1 is 0.692 bits per heavy atom. The molecule has 0 spiro atoms. The standard InChI is InChI=1S/2C4H9.2C2H5.Zr/c2*1-3-4-2;2*1-2;/h2*1,3-4H2,2H3;2*1H2,2H3;. The second kappa shape index (κ2) is 8.21. The van der Waals surface area contributed by atoms with E-state index >= 15 is 0 Å². The summed E-state index contributed by atoms with van der Waals surface area (Å²) in [6.07, 6.45) is 5.85. The van der Waals surface area contributed by atoms with E-state index < -0.39 is 20.3 Å². The van der Waals surface area contributed by atoms with E-state index in [1.165, 1.54) is 25.7 Å². The molecule has 0 fully saturated rings. The molecule has 0 nitrogen and oxygen atoms in total. The van der Waals surface area contributed by atoms with Gasteiger partial charge in [0.05, 0.1) is 0 Å². The van der Waals surface area contributed by atoms with Gasteiger partial charge in [-0.05, 0) is 0 Å². The molecule has 0 rings (SSSR count). The molecule has 0 N–H and O–H groups in total. The van der Waals surface area contributed by atoms with Crippen molar-refractivity contribution in [1.29, 1.82) is 0 Å². The summed E-state index contributed by atoms with van der Waals surface area (Å²) < 4.78 is 6.51. The number of hydrogen-bond donors (Lipinski definition) is 0. The first-order chi connectivity index (χ1) is 6.24. The molecule has 0 heterocycles. The van der Waals surface area contributed by atoms with Crippen molar-refractivity contribution in [3.8, 4) is 0 Å². The van der Waals surface area contributed by atoms with E-state index in [0.29, 0.717) is 0 Å². The second-order valence-electron chi connectivity index (χ2n) is 4.41. The van der Waals surface area contributed by atoms with Gasteiger partial charge in [-0.25, -0.2) is 0 Å². The third kappa shape index (κ3) is 5.35. The van der Waals surface area contributed by atoms with Crippen molar-refractivity contribution in [3.63, 3.8) is 0 Å².